The highest BCUT2D eigenvalue weighted by Gasteiger charge is 2.33. The molecule has 0 saturated carbocycles. The van der Waals surface area contributed by atoms with Gasteiger partial charge in [0.05, 0.1) is 17.2 Å². The van der Waals surface area contributed by atoms with Crippen LogP contribution in [0.1, 0.15) is 32.9 Å². The molecule has 1 amide bonds. The van der Waals surface area contributed by atoms with E-state index in [4.69, 9.17) is 4.42 Å². The lowest BCUT2D eigenvalue weighted by atomic mass is 10.0. The summed E-state index contributed by atoms with van der Waals surface area (Å²) in [6, 6.07) is 11.3. The Morgan fingerprint density at radius 1 is 1.23 bits per heavy atom. The van der Waals surface area contributed by atoms with Crippen molar-refractivity contribution in [3.05, 3.63) is 69.2 Å². The third-order valence-electron chi connectivity index (χ3n) is 5.42. The maximum absolute atomic E-state index is 12.6. The first-order chi connectivity index (χ1) is 15.0. The molecule has 0 spiro atoms. The first-order valence-corrected chi connectivity index (χ1v) is 11.5. The van der Waals surface area contributed by atoms with Crippen molar-refractivity contribution in [2.24, 2.45) is 0 Å². The molecule has 3 aromatic heterocycles. The number of fused-ring (bicyclic) bond motifs is 1. The van der Waals surface area contributed by atoms with Crippen molar-refractivity contribution in [2.75, 3.05) is 26.2 Å². The van der Waals surface area contributed by atoms with Crippen LogP contribution in [0, 0.1) is 6.92 Å². The Hall–Kier alpha value is -2.69. The molecule has 5 rings (SSSR count). The number of aromatic nitrogens is 3. The SMILES string of the molecule is Cc1nc2sc([C@@H](c3cccc(Br)c3)N3CCN(C(=O)c4ccco4)CC3)c(O)n2n1. The summed E-state index contributed by atoms with van der Waals surface area (Å²) in [6.07, 6.45) is 1.51. The number of halogens is 1. The number of nitrogens with zero attached hydrogens (tertiary/aromatic N) is 5. The van der Waals surface area contributed by atoms with Crippen LogP contribution in [0.5, 0.6) is 5.88 Å². The van der Waals surface area contributed by atoms with E-state index in [1.54, 1.807) is 24.0 Å². The van der Waals surface area contributed by atoms with Gasteiger partial charge in [-0.1, -0.05) is 39.4 Å². The Morgan fingerprint density at radius 2 is 2.03 bits per heavy atom. The van der Waals surface area contributed by atoms with Crippen molar-refractivity contribution in [3.8, 4) is 5.88 Å². The zero-order valence-electron chi connectivity index (χ0n) is 16.7. The topological polar surface area (TPSA) is 87.1 Å². The van der Waals surface area contributed by atoms with Crippen molar-refractivity contribution in [3.63, 3.8) is 0 Å². The third kappa shape index (κ3) is 3.75. The molecule has 1 fully saturated rings. The van der Waals surface area contributed by atoms with Crippen molar-refractivity contribution in [1.29, 1.82) is 0 Å². The Labute approximate surface area is 190 Å². The van der Waals surface area contributed by atoms with E-state index in [-0.39, 0.29) is 17.8 Å². The Morgan fingerprint density at radius 3 is 2.71 bits per heavy atom. The largest absolute Gasteiger partial charge is 0.492 e. The molecule has 4 heterocycles. The molecular formula is C21H20BrN5O3S. The summed E-state index contributed by atoms with van der Waals surface area (Å²) in [5.74, 6) is 0.994. The van der Waals surface area contributed by atoms with Gasteiger partial charge in [0.25, 0.3) is 5.91 Å². The molecule has 1 N–H and O–H groups in total. The molecule has 31 heavy (non-hydrogen) atoms. The molecule has 10 heteroatoms. The Balaban J connectivity index is 1.46. The molecule has 0 aliphatic carbocycles. The van der Waals surface area contributed by atoms with E-state index < -0.39 is 0 Å². The molecule has 0 unspecified atom stereocenters. The maximum Gasteiger partial charge on any atom is 0.289 e. The fraction of sp³-hybridized carbons (Fsp3) is 0.286. The lowest BCUT2D eigenvalue weighted by molar-refractivity contribution is 0.0568. The summed E-state index contributed by atoms with van der Waals surface area (Å²) in [7, 11) is 0. The quantitative estimate of drug-likeness (QED) is 0.458. The lowest BCUT2D eigenvalue weighted by Crippen LogP contribution is -2.49. The van der Waals surface area contributed by atoms with E-state index in [1.165, 1.54) is 22.1 Å². The highest BCUT2D eigenvalue weighted by Crippen LogP contribution is 2.40. The van der Waals surface area contributed by atoms with Crippen LogP contribution in [0.2, 0.25) is 0 Å². The maximum atomic E-state index is 12.6. The van der Waals surface area contributed by atoms with E-state index in [2.05, 4.69) is 43.0 Å². The number of thiazole rings is 1. The van der Waals surface area contributed by atoms with Gasteiger partial charge in [-0.2, -0.15) is 4.52 Å². The van der Waals surface area contributed by atoms with Crippen LogP contribution >= 0.6 is 27.3 Å². The molecule has 1 saturated heterocycles. The van der Waals surface area contributed by atoms with Gasteiger partial charge in [-0.05, 0) is 36.8 Å². The van der Waals surface area contributed by atoms with Crippen molar-refractivity contribution < 1.29 is 14.3 Å². The minimum Gasteiger partial charge on any atom is -0.492 e. The van der Waals surface area contributed by atoms with Gasteiger partial charge in [0.15, 0.2) is 5.76 Å². The van der Waals surface area contributed by atoms with Crippen LogP contribution in [0.25, 0.3) is 4.96 Å². The number of aromatic hydroxyl groups is 1. The number of hydrogen-bond donors (Lipinski definition) is 1. The standard InChI is InChI=1S/C21H20BrN5O3S/c1-13-23-21-27(24-13)20(29)18(31-21)17(14-4-2-5-15(22)12-14)25-7-9-26(10-8-25)19(28)16-6-3-11-30-16/h2-6,11-12,17,29H,7-10H2,1H3/t17-/m1/s1. The van der Waals surface area contributed by atoms with E-state index >= 15 is 0 Å². The number of rotatable bonds is 4. The van der Waals surface area contributed by atoms with Gasteiger partial charge < -0.3 is 14.4 Å². The fourth-order valence-electron chi connectivity index (χ4n) is 3.97. The van der Waals surface area contributed by atoms with Crippen molar-refractivity contribution in [2.45, 2.75) is 13.0 Å². The fourth-order valence-corrected chi connectivity index (χ4v) is 5.55. The minimum absolute atomic E-state index is 0.0965. The van der Waals surface area contributed by atoms with Crippen molar-refractivity contribution >= 4 is 38.1 Å². The summed E-state index contributed by atoms with van der Waals surface area (Å²) in [6.45, 7) is 4.28. The third-order valence-corrected chi connectivity index (χ3v) is 6.98. The average Bonchev–Trinajstić information content (AvgIpc) is 3.48. The highest BCUT2D eigenvalue weighted by molar-refractivity contribution is 9.10. The molecule has 8 nitrogen and oxygen atoms in total. The summed E-state index contributed by atoms with van der Waals surface area (Å²) in [5, 5.41) is 15.3. The second-order valence-electron chi connectivity index (χ2n) is 7.41. The van der Waals surface area contributed by atoms with Crippen LogP contribution < -0.4 is 0 Å². The second kappa shape index (κ2) is 8.10. The summed E-state index contributed by atoms with van der Waals surface area (Å²) >= 11 is 5.00. The number of carbonyl (C=O) groups excluding carboxylic acids is 1. The molecule has 1 atom stereocenters. The van der Waals surface area contributed by atoms with Crippen LogP contribution in [-0.4, -0.2) is 61.6 Å². The molecule has 160 valence electrons. The highest BCUT2D eigenvalue weighted by atomic mass is 79.9. The number of aryl methyl sites for hydroxylation is 1. The molecule has 1 aliphatic rings. The number of hydrogen-bond acceptors (Lipinski definition) is 7. The number of piperazine rings is 1. The van der Waals surface area contributed by atoms with Gasteiger partial charge in [-0.15, -0.1) is 5.10 Å². The van der Waals surface area contributed by atoms with Crippen LogP contribution in [0.15, 0.2) is 51.6 Å². The zero-order chi connectivity index (χ0) is 21.5. The Kier molecular flexibility index (Phi) is 5.28. The summed E-state index contributed by atoms with van der Waals surface area (Å²) in [4.78, 5) is 22.6. The average molecular weight is 502 g/mol. The van der Waals surface area contributed by atoms with E-state index in [1.807, 2.05) is 12.1 Å². The summed E-state index contributed by atoms with van der Waals surface area (Å²) < 4.78 is 7.73. The number of amides is 1. The Bertz CT molecular complexity index is 1230. The molecule has 0 radical (unpaired) electrons. The van der Waals surface area contributed by atoms with Gasteiger partial charge >= 0.3 is 0 Å². The smallest absolute Gasteiger partial charge is 0.289 e. The van der Waals surface area contributed by atoms with Gasteiger partial charge in [-0.3, -0.25) is 9.69 Å². The minimum atomic E-state index is -0.174. The first-order valence-electron chi connectivity index (χ1n) is 9.88. The molecule has 1 aromatic carbocycles. The zero-order valence-corrected chi connectivity index (χ0v) is 19.1. The van der Waals surface area contributed by atoms with Gasteiger partial charge in [-0.25, -0.2) is 4.98 Å². The predicted molar refractivity (Wildman–Crippen MR) is 119 cm³/mol. The van der Waals surface area contributed by atoms with Gasteiger partial charge in [0.1, 0.15) is 5.82 Å². The molecule has 1 aliphatic heterocycles. The number of carbonyl (C=O) groups is 1. The second-order valence-corrected chi connectivity index (χ2v) is 9.33. The normalized spacial score (nSPS) is 16.1. The van der Waals surface area contributed by atoms with E-state index in [9.17, 15) is 9.90 Å². The number of benzene rings is 1. The van der Waals surface area contributed by atoms with Gasteiger partial charge in [0, 0.05) is 30.7 Å². The number of furan rings is 1. The lowest BCUT2D eigenvalue weighted by Gasteiger charge is -2.38. The van der Waals surface area contributed by atoms with E-state index in [0.29, 0.717) is 42.7 Å². The summed E-state index contributed by atoms with van der Waals surface area (Å²) in [5.41, 5.74) is 1.05. The molecule has 4 aromatic rings. The monoisotopic (exact) mass is 501 g/mol. The molecule has 0 bridgehead atoms. The predicted octanol–water partition coefficient (Wildman–Crippen LogP) is 3.71. The van der Waals surface area contributed by atoms with E-state index in [0.717, 1.165) is 14.9 Å². The van der Waals surface area contributed by atoms with Crippen LogP contribution in [0.4, 0.5) is 0 Å². The van der Waals surface area contributed by atoms with Crippen LogP contribution in [-0.2, 0) is 0 Å². The van der Waals surface area contributed by atoms with Crippen molar-refractivity contribution in [1.82, 2.24) is 24.4 Å². The van der Waals surface area contributed by atoms with Crippen LogP contribution in [0.3, 0.4) is 0 Å². The van der Waals surface area contributed by atoms with Gasteiger partial charge in [0.2, 0.25) is 10.8 Å². The first kappa shape index (κ1) is 20.2. The molecular weight excluding hydrogens is 482 g/mol.